The Morgan fingerprint density at radius 1 is 1.43 bits per heavy atom. The predicted octanol–water partition coefficient (Wildman–Crippen LogP) is 1.22. The van der Waals surface area contributed by atoms with Crippen molar-refractivity contribution < 1.29 is 9.59 Å². The molecule has 2 aliphatic rings. The summed E-state index contributed by atoms with van der Waals surface area (Å²) in [7, 11) is 0. The third kappa shape index (κ3) is 2.14. The zero-order valence-corrected chi connectivity index (χ0v) is 8.66. The fraction of sp³-hybridized carbons (Fsp3) is 0.818. The molecule has 0 aromatic carbocycles. The van der Waals surface area contributed by atoms with Crippen molar-refractivity contribution >= 4 is 11.7 Å². The van der Waals surface area contributed by atoms with E-state index in [-0.39, 0.29) is 18.1 Å². The van der Waals surface area contributed by atoms with Crippen LogP contribution in [0.5, 0.6) is 0 Å². The number of amides is 1. The summed E-state index contributed by atoms with van der Waals surface area (Å²) in [5, 5.41) is 0. The van der Waals surface area contributed by atoms with E-state index in [0.29, 0.717) is 18.9 Å². The van der Waals surface area contributed by atoms with E-state index >= 15 is 0 Å². The highest BCUT2D eigenvalue weighted by molar-refractivity contribution is 6.00. The van der Waals surface area contributed by atoms with Crippen LogP contribution >= 0.6 is 0 Å². The largest absolute Gasteiger partial charge is 0.342 e. The molecule has 3 heteroatoms. The van der Waals surface area contributed by atoms with Gasteiger partial charge >= 0.3 is 0 Å². The van der Waals surface area contributed by atoms with Gasteiger partial charge in [-0.25, -0.2) is 0 Å². The number of likely N-dealkylation sites (tertiary alicyclic amines) is 1. The molecule has 0 aromatic heterocycles. The summed E-state index contributed by atoms with van der Waals surface area (Å²) < 4.78 is 0. The van der Waals surface area contributed by atoms with Crippen LogP contribution in [-0.4, -0.2) is 29.7 Å². The Kier molecular flexibility index (Phi) is 2.57. The van der Waals surface area contributed by atoms with E-state index in [1.165, 1.54) is 12.8 Å². The van der Waals surface area contributed by atoms with E-state index < -0.39 is 0 Å². The maximum absolute atomic E-state index is 11.5. The van der Waals surface area contributed by atoms with Crippen LogP contribution in [0.1, 0.15) is 32.6 Å². The smallest absolute Gasteiger partial charge is 0.230 e. The number of Topliss-reactive ketones (excluding diaryl/α,β-unsaturated/α-hetero) is 1. The minimum Gasteiger partial charge on any atom is -0.342 e. The molecule has 1 heterocycles. The van der Waals surface area contributed by atoms with E-state index in [1.54, 1.807) is 0 Å². The van der Waals surface area contributed by atoms with Gasteiger partial charge in [0.15, 0.2) is 0 Å². The Labute approximate surface area is 84.5 Å². The summed E-state index contributed by atoms with van der Waals surface area (Å²) in [6.45, 7) is 3.72. The van der Waals surface area contributed by atoms with Gasteiger partial charge in [-0.1, -0.05) is 6.92 Å². The SMILES string of the molecule is CC(CN1CCC(=O)CC1=O)C1CC1. The second-order valence-electron chi connectivity index (χ2n) is 4.62. The molecule has 0 N–H and O–H groups in total. The molecule has 78 valence electrons. The fourth-order valence-electron chi connectivity index (χ4n) is 2.11. The van der Waals surface area contributed by atoms with Gasteiger partial charge in [0.05, 0.1) is 6.42 Å². The van der Waals surface area contributed by atoms with Crippen LogP contribution < -0.4 is 0 Å². The van der Waals surface area contributed by atoms with Crippen molar-refractivity contribution in [3.8, 4) is 0 Å². The summed E-state index contributed by atoms with van der Waals surface area (Å²) in [6.07, 6.45) is 3.34. The number of carbonyl (C=O) groups excluding carboxylic acids is 2. The van der Waals surface area contributed by atoms with Gasteiger partial charge in [-0.3, -0.25) is 9.59 Å². The van der Waals surface area contributed by atoms with Gasteiger partial charge < -0.3 is 4.90 Å². The first kappa shape index (κ1) is 9.69. The monoisotopic (exact) mass is 195 g/mol. The molecule has 14 heavy (non-hydrogen) atoms. The van der Waals surface area contributed by atoms with Crippen LogP contribution in [0.15, 0.2) is 0 Å². The molecule has 0 spiro atoms. The molecule has 1 amide bonds. The van der Waals surface area contributed by atoms with Gasteiger partial charge in [0, 0.05) is 19.5 Å². The molecule has 0 aromatic rings. The average Bonchev–Trinajstić information content (AvgIpc) is 2.92. The molecule has 2 rings (SSSR count). The van der Waals surface area contributed by atoms with Crippen molar-refractivity contribution in [2.24, 2.45) is 11.8 Å². The predicted molar refractivity (Wildman–Crippen MR) is 52.7 cm³/mol. The second kappa shape index (κ2) is 3.71. The number of carbonyl (C=O) groups is 2. The van der Waals surface area contributed by atoms with Crippen molar-refractivity contribution in [1.82, 2.24) is 4.90 Å². The zero-order valence-electron chi connectivity index (χ0n) is 8.66. The van der Waals surface area contributed by atoms with Crippen LogP contribution in [0.3, 0.4) is 0 Å². The van der Waals surface area contributed by atoms with Gasteiger partial charge in [-0.15, -0.1) is 0 Å². The Hall–Kier alpha value is -0.860. The molecule has 1 aliphatic carbocycles. The normalized spacial score (nSPS) is 25.4. The highest BCUT2D eigenvalue weighted by Crippen LogP contribution is 2.37. The van der Waals surface area contributed by atoms with Crippen molar-refractivity contribution in [2.45, 2.75) is 32.6 Å². The van der Waals surface area contributed by atoms with Crippen LogP contribution in [0.4, 0.5) is 0 Å². The average molecular weight is 195 g/mol. The highest BCUT2D eigenvalue weighted by Gasteiger charge is 2.31. The molecular weight excluding hydrogens is 178 g/mol. The Morgan fingerprint density at radius 2 is 2.14 bits per heavy atom. The van der Waals surface area contributed by atoms with Gasteiger partial charge in [0.25, 0.3) is 0 Å². The molecule has 0 bridgehead atoms. The Bertz CT molecular complexity index is 258. The number of nitrogens with zero attached hydrogens (tertiary/aromatic N) is 1. The zero-order chi connectivity index (χ0) is 10.1. The standard InChI is InChI=1S/C11H17NO2/c1-8(9-2-3-9)7-12-5-4-10(13)6-11(12)14/h8-9H,2-7H2,1H3. The quantitative estimate of drug-likeness (QED) is 0.635. The third-order valence-electron chi connectivity index (χ3n) is 3.30. The lowest BCUT2D eigenvalue weighted by molar-refractivity contribution is -0.139. The van der Waals surface area contributed by atoms with Crippen LogP contribution in [0, 0.1) is 11.8 Å². The highest BCUT2D eigenvalue weighted by atomic mass is 16.2. The number of hydrogen-bond acceptors (Lipinski definition) is 2. The van der Waals surface area contributed by atoms with Crippen LogP contribution in [-0.2, 0) is 9.59 Å². The number of piperidine rings is 1. The molecule has 1 unspecified atom stereocenters. The summed E-state index contributed by atoms with van der Waals surface area (Å²) in [5.41, 5.74) is 0. The molecule has 1 atom stereocenters. The van der Waals surface area contributed by atoms with Crippen molar-refractivity contribution in [3.63, 3.8) is 0 Å². The molecule has 0 radical (unpaired) electrons. The molecular formula is C11H17NO2. The van der Waals surface area contributed by atoms with E-state index in [4.69, 9.17) is 0 Å². The van der Waals surface area contributed by atoms with E-state index in [2.05, 4.69) is 6.92 Å². The van der Waals surface area contributed by atoms with Gasteiger partial charge in [0.2, 0.25) is 5.91 Å². The summed E-state index contributed by atoms with van der Waals surface area (Å²) >= 11 is 0. The van der Waals surface area contributed by atoms with E-state index in [9.17, 15) is 9.59 Å². The van der Waals surface area contributed by atoms with Crippen LogP contribution in [0.25, 0.3) is 0 Å². The lowest BCUT2D eigenvalue weighted by atomic mass is 10.0. The molecule has 2 fully saturated rings. The Morgan fingerprint density at radius 3 is 2.71 bits per heavy atom. The summed E-state index contributed by atoms with van der Waals surface area (Å²) in [4.78, 5) is 24.4. The first-order chi connectivity index (χ1) is 6.66. The number of rotatable bonds is 3. The first-order valence-electron chi connectivity index (χ1n) is 5.46. The fourth-order valence-corrected chi connectivity index (χ4v) is 2.11. The number of ketones is 1. The van der Waals surface area contributed by atoms with Crippen molar-refractivity contribution in [3.05, 3.63) is 0 Å². The summed E-state index contributed by atoms with van der Waals surface area (Å²) in [6, 6.07) is 0. The van der Waals surface area contributed by atoms with Gasteiger partial charge in [-0.2, -0.15) is 0 Å². The lowest BCUT2D eigenvalue weighted by Crippen LogP contribution is -2.41. The first-order valence-corrected chi connectivity index (χ1v) is 5.46. The molecule has 1 aliphatic heterocycles. The van der Waals surface area contributed by atoms with Crippen molar-refractivity contribution in [2.75, 3.05) is 13.1 Å². The van der Waals surface area contributed by atoms with E-state index in [1.807, 2.05) is 4.90 Å². The maximum Gasteiger partial charge on any atom is 0.230 e. The molecule has 3 nitrogen and oxygen atoms in total. The minimum absolute atomic E-state index is 0.0359. The summed E-state index contributed by atoms with van der Waals surface area (Å²) in [5.74, 6) is 1.59. The van der Waals surface area contributed by atoms with Gasteiger partial charge in [0.1, 0.15) is 5.78 Å². The van der Waals surface area contributed by atoms with Gasteiger partial charge in [-0.05, 0) is 24.7 Å². The maximum atomic E-state index is 11.5. The second-order valence-corrected chi connectivity index (χ2v) is 4.62. The number of hydrogen-bond donors (Lipinski definition) is 0. The third-order valence-corrected chi connectivity index (χ3v) is 3.30. The van der Waals surface area contributed by atoms with Crippen molar-refractivity contribution in [1.29, 1.82) is 0 Å². The minimum atomic E-state index is 0.0359. The topological polar surface area (TPSA) is 37.4 Å². The lowest BCUT2D eigenvalue weighted by Gasteiger charge is -2.28. The molecule has 1 saturated carbocycles. The molecule has 1 saturated heterocycles. The Balaban J connectivity index is 1.84. The van der Waals surface area contributed by atoms with Crippen LogP contribution in [0.2, 0.25) is 0 Å². The van der Waals surface area contributed by atoms with E-state index in [0.717, 1.165) is 12.5 Å².